The van der Waals surface area contributed by atoms with Gasteiger partial charge in [-0.2, -0.15) is 13.2 Å². The van der Waals surface area contributed by atoms with Crippen molar-refractivity contribution in [1.29, 1.82) is 0 Å². The van der Waals surface area contributed by atoms with Crippen molar-refractivity contribution in [2.45, 2.75) is 13.1 Å². The second-order valence-corrected chi connectivity index (χ2v) is 6.19. The van der Waals surface area contributed by atoms with Gasteiger partial charge in [-0.15, -0.1) is 0 Å². The van der Waals surface area contributed by atoms with Crippen molar-refractivity contribution in [3.05, 3.63) is 49.7 Å². The lowest BCUT2D eigenvalue weighted by Crippen LogP contribution is -2.11. The maximum Gasteiger partial charge on any atom is 0.416 e. The Balaban J connectivity index is 2.71. The van der Waals surface area contributed by atoms with Crippen LogP contribution in [-0.2, 0) is 10.9 Å². The molecule has 0 atom stereocenters. The normalized spacial score (nSPS) is 11.4. The molecule has 0 aliphatic carbocycles. The molecule has 0 spiro atoms. The van der Waals surface area contributed by atoms with Crippen molar-refractivity contribution in [3.8, 4) is 11.6 Å². The van der Waals surface area contributed by atoms with Crippen molar-refractivity contribution in [2.24, 2.45) is 0 Å². The molecule has 0 aliphatic rings. The molecular formula is C15H11F3INO3S. The van der Waals surface area contributed by atoms with Gasteiger partial charge in [-0.25, -0.2) is 4.79 Å². The number of benzene rings is 1. The van der Waals surface area contributed by atoms with Crippen LogP contribution >= 0.6 is 34.8 Å². The Labute approximate surface area is 154 Å². The van der Waals surface area contributed by atoms with E-state index >= 15 is 0 Å². The predicted molar refractivity (Wildman–Crippen MR) is 91.9 cm³/mol. The van der Waals surface area contributed by atoms with E-state index in [2.05, 4.69) is 0 Å². The van der Waals surface area contributed by atoms with Gasteiger partial charge in [0.05, 0.1) is 17.9 Å². The number of hydrogen-bond donors (Lipinski definition) is 1. The second kappa shape index (κ2) is 7.09. The highest BCUT2D eigenvalue weighted by Gasteiger charge is 2.31. The molecule has 0 fully saturated rings. The zero-order valence-electron chi connectivity index (χ0n) is 12.2. The molecule has 0 radical (unpaired) electrons. The van der Waals surface area contributed by atoms with E-state index in [1.54, 1.807) is 6.92 Å². The quantitative estimate of drug-likeness (QED) is 0.402. The van der Waals surface area contributed by atoms with Gasteiger partial charge in [0.15, 0.2) is 0 Å². The maximum atomic E-state index is 12.9. The smallest absolute Gasteiger partial charge is 0.416 e. The monoisotopic (exact) mass is 469 g/mol. The molecule has 0 saturated carbocycles. The molecule has 9 heteroatoms. The molecule has 0 bridgehead atoms. The first kappa shape index (κ1) is 18.7. The topological polar surface area (TPSA) is 51.5 Å². The summed E-state index contributed by atoms with van der Waals surface area (Å²) in [6.07, 6.45) is -4.54. The zero-order valence-corrected chi connectivity index (χ0v) is 15.2. The summed E-state index contributed by atoms with van der Waals surface area (Å²) in [6, 6.07) is 5.64. The predicted octanol–water partition coefficient (Wildman–Crippen LogP) is 4.71. The molecule has 1 aromatic heterocycles. The third kappa shape index (κ3) is 3.72. The Morgan fingerprint density at radius 3 is 2.62 bits per heavy atom. The van der Waals surface area contributed by atoms with Crippen molar-refractivity contribution in [1.82, 2.24) is 4.57 Å². The Morgan fingerprint density at radius 1 is 1.38 bits per heavy atom. The van der Waals surface area contributed by atoms with Gasteiger partial charge in [0.1, 0.15) is 10.2 Å². The summed E-state index contributed by atoms with van der Waals surface area (Å²) in [5, 5.41) is 10.3. The fourth-order valence-corrected chi connectivity index (χ4v) is 2.80. The number of carbonyl (C=O) groups is 1. The largest absolute Gasteiger partial charge is 0.494 e. The molecule has 128 valence electrons. The number of halogens is 4. The van der Waals surface area contributed by atoms with Crippen LogP contribution in [0, 0.1) is 8.21 Å². The molecular weight excluding hydrogens is 458 g/mol. The highest BCUT2D eigenvalue weighted by atomic mass is 127. The van der Waals surface area contributed by atoms with E-state index in [0.717, 1.165) is 16.7 Å². The summed E-state index contributed by atoms with van der Waals surface area (Å²) in [5.74, 6) is -1.36. The summed E-state index contributed by atoms with van der Waals surface area (Å²) >= 11 is 7.01. The molecule has 2 aromatic rings. The number of rotatable bonds is 3. The summed E-state index contributed by atoms with van der Waals surface area (Å²) < 4.78 is 45.1. The van der Waals surface area contributed by atoms with Crippen molar-refractivity contribution >= 4 is 40.8 Å². The summed E-state index contributed by atoms with van der Waals surface area (Å²) in [7, 11) is 0. The van der Waals surface area contributed by atoms with Crippen LogP contribution in [0.4, 0.5) is 13.2 Å². The Bertz CT molecular complexity index is 849. The van der Waals surface area contributed by atoms with Gasteiger partial charge in [0.2, 0.25) is 5.88 Å². The third-order valence-electron chi connectivity index (χ3n) is 3.06. The standard InChI is InChI=1S/C15H11F3INO3S/c1-2-23-14(22)10-7-11(19)13(24)20(12(10)21)9-5-3-4-8(6-9)15(16,17)18/h3-7,21H,2H2,1H3. The molecule has 0 unspecified atom stereocenters. The summed E-state index contributed by atoms with van der Waals surface area (Å²) in [6.45, 7) is 1.69. The van der Waals surface area contributed by atoms with Crippen LogP contribution in [0.2, 0.25) is 0 Å². The van der Waals surface area contributed by atoms with Crippen LogP contribution in [0.3, 0.4) is 0 Å². The molecule has 4 nitrogen and oxygen atoms in total. The van der Waals surface area contributed by atoms with Crippen molar-refractivity contribution in [3.63, 3.8) is 0 Å². The Hall–Kier alpha value is -1.62. The number of aromatic nitrogens is 1. The first-order valence-electron chi connectivity index (χ1n) is 6.66. The van der Waals surface area contributed by atoms with Crippen LogP contribution in [0.25, 0.3) is 5.69 Å². The van der Waals surface area contributed by atoms with E-state index < -0.39 is 23.6 Å². The zero-order chi connectivity index (χ0) is 18.1. The highest BCUT2D eigenvalue weighted by Crippen LogP contribution is 2.32. The number of aromatic hydroxyl groups is 1. The minimum absolute atomic E-state index is 0.00334. The fourth-order valence-electron chi connectivity index (χ4n) is 2.00. The number of alkyl halides is 3. The molecule has 2 rings (SSSR count). The van der Waals surface area contributed by atoms with Crippen LogP contribution in [0.15, 0.2) is 30.3 Å². The van der Waals surface area contributed by atoms with Gasteiger partial charge >= 0.3 is 12.1 Å². The molecule has 24 heavy (non-hydrogen) atoms. The summed E-state index contributed by atoms with van der Waals surface area (Å²) in [5.41, 5.74) is -1.07. The molecule has 1 aromatic carbocycles. The van der Waals surface area contributed by atoms with E-state index in [1.807, 2.05) is 22.6 Å². The van der Waals surface area contributed by atoms with Gasteiger partial charge in [-0.1, -0.05) is 18.3 Å². The lowest BCUT2D eigenvalue weighted by molar-refractivity contribution is -0.137. The van der Waals surface area contributed by atoms with Crippen molar-refractivity contribution in [2.75, 3.05) is 6.61 Å². The maximum absolute atomic E-state index is 12.9. The molecule has 1 N–H and O–H groups in total. The van der Waals surface area contributed by atoms with E-state index in [0.29, 0.717) is 3.57 Å². The van der Waals surface area contributed by atoms with E-state index in [4.69, 9.17) is 17.0 Å². The highest BCUT2D eigenvalue weighted by molar-refractivity contribution is 14.1. The van der Waals surface area contributed by atoms with Gasteiger partial charge < -0.3 is 9.84 Å². The number of nitrogens with zero attached hydrogens (tertiary/aromatic N) is 1. The van der Waals surface area contributed by atoms with Crippen LogP contribution in [0.5, 0.6) is 5.88 Å². The first-order valence-corrected chi connectivity index (χ1v) is 8.14. The number of esters is 1. The first-order chi connectivity index (χ1) is 11.2. The average Bonchev–Trinajstić information content (AvgIpc) is 2.51. The molecule has 0 amide bonds. The lowest BCUT2D eigenvalue weighted by Gasteiger charge is -2.15. The Kier molecular flexibility index (Phi) is 5.53. The van der Waals surface area contributed by atoms with Crippen molar-refractivity contribution < 1.29 is 27.8 Å². The number of ether oxygens (including phenoxy) is 1. The van der Waals surface area contributed by atoms with E-state index in [-0.39, 0.29) is 22.5 Å². The fraction of sp³-hybridized carbons (Fsp3) is 0.200. The Morgan fingerprint density at radius 2 is 2.04 bits per heavy atom. The lowest BCUT2D eigenvalue weighted by atomic mass is 10.2. The molecule has 1 heterocycles. The molecule has 0 saturated heterocycles. The summed E-state index contributed by atoms with van der Waals surface area (Å²) in [4.78, 5) is 11.9. The minimum atomic E-state index is -4.54. The van der Waals surface area contributed by atoms with Gasteiger partial charge in [-0.3, -0.25) is 4.57 Å². The molecule has 0 aliphatic heterocycles. The van der Waals surface area contributed by atoms with E-state index in [1.165, 1.54) is 18.2 Å². The van der Waals surface area contributed by atoms with Gasteiger partial charge in [0.25, 0.3) is 0 Å². The number of carbonyl (C=O) groups excluding carboxylic acids is 1. The van der Waals surface area contributed by atoms with Gasteiger partial charge in [-0.05, 0) is 53.8 Å². The van der Waals surface area contributed by atoms with Crippen LogP contribution in [-0.4, -0.2) is 22.2 Å². The number of hydrogen-bond acceptors (Lipinski definition) is 4. The average molecular weight is 469 g/mol. The second-order valence-electron chi connectivity index (χ2n) is 4.64. The van der Waals surface area contributed by atoms with E-state index in [9.17, 15) is 23.1 Å². The SMILES string of the molecule is CCOC(=O)c1cc(I)c(=S)n(-c2cccc(C(F)(F)F)c2)c1O. The minimum Gasteiger partial charge on any atom is -0.494 e. The van der Waals surface area contributed by atoms with Crippen LogP contribution < -0.4 is 0 Å². The van der Waals surface area contributed by atoms with Gasteiger partial charge in [0, 0.05) is 3.57 Å². The number of pyridine rings is 1. The van der Waals surface area contributed by atoms with Crippen LogP contribution in [0.1, 0.15) is 22.8 Å². The third-order valence-corrected chi connectivity index (χ3v) is 4.65.